The lowest BCUT2D eigenvalue weighted by molar-refractivity contribution is -0.124. The quantitative estimate of drug-likeness (QED) is 0.653. The van der Waals surface area contributed by atoms with Crippen molar-refractivity contribution in [2.45, 2.75) is 45.3 Å². The number of amides is 1. The molecule has 1 aliphatic carbocycles. The van der Waals surface area contributed by atoms with E-state index in [-0.39, 0.29) is 29.7 Å². The second kappa shape index (κ2) is 7.82. The largest absolute Gasteiger partial charge is 0.490 e. The highest BCUT2D eigenvalue weighted by Crippen LogP contribution is 2.28. The summed E-state index contributed by atoms with van der Waals surface area (Å²) in [6.07, 6.45) is 2.38. The summed E-state index contributed by atoms with van der Waals surface area (Å²) in [5, 5.41) is 3.34. The van der Waals surface area contributed by atoms with Crippen LogP contribution in [0.25, 0.3) is 22.3 Å². The lowest BCUT2D eigenvalue weighted by Crippen LogP contribution is -2.43. The van der Waals surface area contributed by atoms with Gasteiger partial charge in [0.1, 0.15) is 17.3 Å². The lowest BCUT2D eigenvalue weighted by Gasteiger charge is -2.20. The molecule has 30 heavy (non-hydrogen) atoms. The fourth-order valence-corrected chi connectivity index (χ4v) is 3.04. The Hall–Kier alpha value is -3.35. The van der Waals surface area contributed by atoms with E-state index < -0.39 is 0 Å². The standard InChI is InChI=1S/C23H25N3O4/c1-23(2,3)26-20(27)13-29-16-6-4-5-14(11-16)21-24-19-10-9-17(30-15-7-8-15)12-18(19)22(28)25-21/h4-6,9-12,15H,7-8,13H2,1-3H3,(H,26,27)(H,24,25,28). The van der Waals surface area contributed by atoms with Crippen molar-refractivity contribution in [3.05, 3.63) is 52.8 Å². The van der Waals surface area contributed by atoms with Gasteiger partial charge < -0.3 is 19.8 Å². The minimum atomic E-state index is -0.319. The number of benzene rings is 2. The molecule has 0 spiro atoms. The molecule has 0 bridgehead atoms. The SMILES string of the molecule is CC(C)(C)NC(=O)COc1cccc(-c2nc3ccc(OC4CC4)cc3c(=O)[nH]2)c1. The smallest absolute Gasteiger partial charge is 0.259 e. The minimum Gasteiger partial charge on any atom is -0.490 e. The molecule has 0 atom stereocenters. The Balaban J connectivity index is 1.54. The minimum absolute atomic E-state index is 0.0911. The van der Waals surface area contributed by atoms with Crippen molar-refractivity contribution in [1.82, 2.24) is 15.3 Å². The molecule has 2 N–H and O–H groups in total. The van der Waals surface area contributed by atoms with Crippen LogP contribution in [-0.2, 0) is 4.79 Å². The van der Waals surface area contributed by atoms with Gasteiger partial charge >= 0.3 is 0 Å². The molecule has 0 unspecified atom stereocenters. The highest BCUT2D eigenvalue weighted by atomic mass is 16.5. The summed E-state index contributed by atoms with van der Waals surface area (Å²) in [7, 11) is 0. The molecule has 1 amide bonds. The number of H-pyrrole nitrogens is 1. The molecule has 1 heterocycles. The number of hydrogen-bond acceptors (Lipinski definition) is 5. The van der Waals surface area contributed by atoms with Gasteiger partial charge in [-0.25, -0.2) is 4.98 Å². The summed E-state index contributed by atoms with van der Waals surface area (Å²) in [6.45, 7) is 5.64. The molecule has 1 saturated carbocycles. The first-order chi connectivity index (χ1) is 14.3. The second-order valence-electron chi connectivity index (χ2n) is 8.53. The third-order valence-corrected chi connectivity index (χ3v) is 4.50. The molecule has 0 saturated heterocycles. The molecule has 3 aromatic rings. The van der Waals surface area contributed by atoms with Crippen molar-refractivity contribution >= 4 is 16.8 Å². The first-order valence-electron chi connectivity index (χ1n) is 10.0. The van der Waals surface area contributed by atoms with Gasteiger partial charge in [0.25, 0.3) is 11.5 Å². The lowest BCUT2D eigenvalue weighted by atomic mass is 10.1. The molecular weight excluding hydrogens is 382 g/mol. The van der Waals surface area contributed by atoms with E-state index in [0.29, 0.717) is 33.8 Å². The number of hydrogen-bond donors (Lipinski definition) is 2. The third kappa shape index (κ3) is 4.97. The van der Waals surface area contributed by atoms with Crippen LogP contribution in [0.5, 0.6) is 11.5 Å². The zero-order valence-corrected chi connectivity index (χ0v) is 17.3. The molecule has 7 nitrogen and oxygen atoms in total. The maximum Gasteiger partial charge on any atom is 0.259 e. The Bertz CT molecular complexity index is 1140. The molecule has 0 aliphatic heterocycles. The van der Waals surface area contributed by atoms with Crippen LogP contribution in [0.15, 0.2) is 47.3 Å². The number of ether oxygens (including phenoxy) is 2. The molecule has 156 valence electrons. The summed E-state index contributed by atoms with van der Waals surface area (Å²) in [4.78, 5) is 32.0. The van der Waals surface area contributed by atoms with Crippen molar-refractivity contribution in [2.75, 3.05) is 6.61 Å². The summed E-state index contributed by atoms with van der Waals surface area (Å²) in [5.41, 5.74) is 0.737. The topological polar surface area (TPSA) is 93.3 Å². The van der Waals surface area contributed by atoms with Crippen molar-refractivity contribution in [3.63, 3.8) is 0 Å². The summed E-state index contributed by atoms with van der Waals surface area (Å²) in [5.74, 6) is 1.45. The molecule has 2 aromatic carbocycles. The number of rotatable bonds is 6. The average molecular weight is 407 g/mol. The second-order valence-corrected chi connectivity index (χ2v) is 8.53. The van der Waals surface area contributed by atoms with Crippen LogP contribution in [0, 0.1) is 0 Å². The van der Waals surface area contributed by atoms with Crippen LogP contribution in [0.4, 0.5) is 0 Å². The van der Waals surface area contributed by atoms with Gasteiger partial charge in [-0.15, -0.1) is 0 Å². The maximum absolute atomic E-state index is 12.6. The van der Waals surface area contributed by atoms with Crippen molar-refractivity contribution in [1.29, 1.82) is 0 Å². The molecular formula is C23H25N3O4. The highest BCUT2D eigenvalue weighted by molar-refractivity contribution is 5.81. The van der Waals surface area contributed by atoms with Crippen molar-refractivity contribution in [3.8, 4) is 22.9 Å². The van der Waals surface area contributed by atoms with Gasteiger partial charge in [-0.2, -0.15) is 0 Å². The monoisotopic (exact) mass is 407 g/mol. The van der Waals surface area contributed by atoms with E-state index in [9.17, 15) is 9.59 Å². The number of nitrogens with one attached hydrogen (secondary N) is 2. The number of aromatic amines is 1. The van der Waals surface area contributed by atoms with Crippen molar-refractivity contribution < 1.29 is 14.3 Å². The highest BCUT2D eigenvalue weighted by Gasteiger charge is 2.23. The fourth-order valence-electron chi connectivity index (χ4n) is 3.04. The molecule has 4 rings (SSSR count). The van der Waals surface area contributed by atoms with Gasteiger partial charge in [-0.3, -0.25) is 9.59 Å². The van der Waals surface area contributed by atoms with Gasteiger partial charge in [0.05, 0.1) is 17.0 Å². The predicted molar refractivity (Wildman–Crippen MR) is 115 cm³/mol. The summed E-state index contributed by atoms with van der Waals surface area (Å²) < 4.78 is 11.4. The zero-order valence-electron chi connectivity index (χ0n) is 17.3. The van der Waals surface area contributed by atoms with E-state index in [1.165, 1.54) is 0 Å². The predicted octanol–water partition coefficient (Wildman–Crippen LogP) is 3.42. The van der Waals surface area contributed by atoms with E-state index >= 15 is 0 Å². The Morgan fingerprint density at radius 2 is 1.97 bits per heavy atom. The maximum atomic E-state index is 12.6. The Kier molecular flexibility index (Phi) is 5.20. The number of aromatic nitrogens is 2. The van der Waals surface area contributed by atoms with E-state index in [1.807, 2.05) is 32.9 Å². The van der Waals surface area contributed by atoms with Gasteiger partial charge in [0.2, 0.25) is 0 Å². The molecule has 1 fully saturated rings. The first-order valence-corrected chi connectivity index (χ1v) is 10.0. The summed E-state index contributed by atoms with van der Waals surface area (Å²) >= 11 is 0. The normalized spacial score (nSPS) is 13.8. The zero-order chi connectivity index (χ0) is 21.3. The van der Waals surface area contributed by atoms with Crippen molar-refractivity contribution in [2.24, 2.45) is 0 Å². The molecule has 7 heteroatoms. The molecule has 1 aliphatic rings. The van der Waals surface area contributed by atoms with E-state index in [0.717, 1.165) is 12.8 Å². The number of carbonyl (C=O) groups excluding carboxylic acids is 1. The Morgan fingerprint density at radius 1 is 1.17 bits per heavy atom. The van der Waals surface area contributed by atoms with E-state index in [2.05, 4.69) is 15.3 Å². The number of nitrogens with zero attached hydrogens (tertiary/aromatic N) is 1. The Labute approximate surface area is 174 Å². The summed E-state index contributed by atoms with van der Waals surface area (Å²) in [6, 6.07) is 12.5. The average Bonchev–Trinajstić information content (AvgIpc) is 3.50. The van der Waals surface area contributed by atoms with Crippen LogP contribution in [-0.4, -0.2) is 34.1 Å². The Morgan fingerprint density at radius 3 is 2.70 bits per heavy atom. The van der Waals surface area contributed by atoms with Gasteiger partial charge in [0.15, 0.2) is 6.61 Å². The first kappa shape index (κ1) is 19.9. The van der Waals surface area contributed by atoms with E-state index in [4.69, 9.17) is 9.47 Å². The van der Waals surface area contributed by atoms with Crippen LogP contribution >= 0.6 is 0 Å². The van der Waals surface area contributed by atoms with Crippen LogP contribution in [0.2, 0.25) is 0 Å². The van der Waals surface area contributed by atoms with Gasteiger partial charge in [-0.05, 0) is 63.9 Å². The van der Waals surface area contributed by atoms with Crippen LogP contribution in [0.3, 0.4) is 0 Å². The number of fused-ring (bicyclic) bond motifs is 1. The molecule has 0 radical (unpaired) electrons. The molecule has 1 aromatic heterocycles. The van der Waals surface area contributed by atoms with Crippen LogP contribution < -0.4 is 20.3 Å². The fraction of sp³-hybridized carbons (Fsp3) is 0.348. The number of carbonyl (C=O) groups is 1. The van der Waals surface area contributed by atoms with E-state index in [1.54, 1.807) is 30.3 Å². The van der Waals surface area contributed by atoms with Gasteiger partial charge in [0, 0.05) is 11.1 Å². The third-order valence-electron chi connectivity index (χ3n) is 4.50. The van der Waals surface area contributed by atoms with Gasteiger partial charge in [-0.1, -0.05) is 12.1 Å². The van der Waals surface area contributed by atoms with Crippen LogP contribution in [0.1, 0.15) is 33.6 Å².